The van der Waals surface area contributed by atoms with Crippen LogP contribution >= 0.6 is 0 Å². The summed E-state index contributed by atoms with van der Waals surface area (Å²) in [6.45, 7) is 2.38. The number of nitro benzene ring substituents is 1. The molecule has 8 nitrogen and oxygen atoms in total. The molecule has 2 aliphatic rings. The van der Waals surface area contributed by atoms with Crippen molar-refractivity contribution in [1.29, 1.82) is 0 Å². The Morgan fingerprint density at radius 1 is 1.06 bits per heavy atom. The topological polar surface area (TPSA) is 101 Å². The Morgan fingerprint density at radius 2 is 1.74 bits per heavy atom. The molecule has 164 valence electrons. The van der Waals surface area contributed by atoms with Gasteiger partial charge in [-0.25, -0.2) is 8.42 Å². The third kappa shape index (κ3) is 4.41. The van der Waals surface area contributed by atoms with Crippen LogP contribution in [0.5, 0.6) is 0 Å². The largest absolute Gasteiger partial charge is 0.366 e. The van der Waals surface area contributed by atoms with Crippen molar-refractivity contribution < 1.29 is 18.1 Å². The minimum atomic E-state index is -3.53. The molecule has 0 unspecified atom stereocenters. The summed E-state index contributed by atoms with van der Waals surface area (Å²) in [4.78, 5) is 27.8. The molecule has 0 atom stereocenters. The van der Waals surface area contributed by atoms with Crippen LogP contribution in [0.4, 0.5) is 11.4 Å². The summed E-state index contributed by atoms with van der Waals surface area (Å²) in [5, 5.41) is 11.5. The van der Waals surface area contributed by atoms with Crippen molar-refractivity contribution in [1.82, 2.24) is 4.90 Å². The van der Waals surface area contributed by atoms with Gasteiger partial charge in [-0.05, 0) is 42.5 Å². The van der Waals surface area contributed by atoms with Crippen LogP contribution in [0.2, 0.25) is 0 Å². The number of hydrogen-bond donors (Lipinski definition) is 0. The summed E-state index contributed by atoms with van der Waals surface area (Å²) in [7, 11) is -3.53. The number of rotatable bonds is 4. The number of nitro groups is 1. The molecule has 0 bridgehead atoms. The van der Waals surface area contributed by atoms with Crippen LogP contribution in [0, 0.1) is 16.0 Å². The van der Waals surface area contributed by atoms with Crippen LogP contribution in [-0.4, -0.2) is 50.0 Å². The molecule has 2 aromatic rings. The van der Waals surface area contributed by atoms with Crippen molar-refractivity contribution in [3.05, 3.63) is 63.7 Å². The van der Waals surface area contributed by atoms with Crippen LogP contribution in [0.15, 0.2) is 47.4 Å². The molecule has 4 rings (SSSR count). The normalized spacial score (nSPS) is 17.3. The lowest BCUT2D eigenvalue weighted by molar-refractivity contribution is -0.384. The zero-order valence-corrected chi connectivity index (χ0v) is 18.2. The van der Waals surface area contributed by atoms with Gasteiger partial charge in [-0.3, -0.25) is 14.9 Å². The Morgan fingerprint density at radius 3 is 2.39 bits per heavy atom. The highest BCUT2D eigenvalue weighted by molar-refractivity contribution is 7.90. The van der Waals surface area contributed by atoms with E-state index in [-0.39, 0.29) is 22.4 Å². The molecule has 1 saturated heterocycles. The average Bonchev–Trinajstić information content (AvgIpc) is 2.77. The molecule has 2 aliphatic heterocycles. The first-order valence-electron chi connectivity index (χ1n) is 10.3. The number of sulfone groups is 1. The van der Waals surface area contributed by atoms with E-state index in [9.17, 15) is 23.3 Å². The van der Waals surface area contributed by atoms with Gasteiger partial charge >= 0.3 is 0 Å². The summed E-state index contributed by atoms with van der Waals surface area (Å²) in [5.41, 5.74) is 2.67. The molecule has 0 aromatic heterocycles. The quantitative estimate of drug-likeness (QED) is 0.532. The fourth-order valence-electron chi connectivity index (χ4n) is 4.46. The minimum absolute atomic E-state index is 0.0709. The Hall–Kier alpha value is -2.94. The third-order valence-electron chi connectivity index (χ3n) is 6.20. The number of nitrogens with zero attached hydrogens (tertiary/aromatic N) is 3. The van der Waals surface area contributed by atoms with Gasteiger partial charge in [0.2, 0.25) is 5.91 Å². The van der Waals surface area contributed by atoms with Crippen molar-refractivity contribution in [3.8, 4) is 0 Å². The van der Waals surface area contributed by atoms with Crippen LogP contribution in [-0.2, 0) is 27.6 Å². The lowest BCUT2D eigenvalue weighted by Gasteiger charge is -2.36. The molecule has 0 aliphatic carbocycles. The second-order valence-corrected chi connectivity index (χ2v) is 10.2. The lowest BCUT2D eigenvalue weighted by Crippen LogP contribution is -2.44. The number of carbonyl (C=O) groups excluding carboxylic acids is 1. The highest BCUT2D eigenvalue weighted by Gasteiger charge is 2.32. The minimum Gasteiger partial charge on any atom is -0.366 e. The van der Waals surface area contributed by atoms with E-state index in [1.165, 1.54) is 23.3 Å². The fourth-order valence-corrected chi connectivity index (χ4v) is 5.10. The molecule has 0 radical (unpaired) electrons. The Kier molecular flexibility index (Phi) is 5.70. The number of anilines is 1. The van der Waals surface area contributed by atoms with Gasteiger partial charge in [0.15, 0.2) is 9.84 Å². The number of amides is 1. The van der Waals surface area contributed by atoms with E-state index < -0.39 is 14.8 Å². The summed E-state index contributed by atoms with van der Waals surface area (Å²) in [6.07, 6.45) is 3.12. The number of fused-ring (bicyclic) bond motifs is 1. The summed E-state index contributed by atoms with van der Waals surface area (Å²) < 4.78 is 23.5. The van der Waals surface area contributed by atoms with Crippen LogP contribution in [0.1, 0.15) is 24.0 Å². The first-order valence-corrected chi connectivity index (χ1v) is 12.2. The van der Waals surface area contributed by atoms with E-state index >= 15 is 0 Å². The highest BCUT2D eigenvalue weighted by atomic mass is 32.2. The number of hydrogen-bond acceptors (Lipinski definition) is 6. The number of benzene rings is 2. The number of piperidine rings is 1. The third-order valence-corrected chi connectivity index (χ3v) is 7.31. The lowest BCUT2D eigenvalue weighted by atomic mass is 9.92. The van der Waals surface area contributed by atoms with Crippen LogP contribution in [0.25, 0.3) is 0 Å². The molecule has 2 heterocycles. The molecule has 1 amide bonds. The first-order chi connectivity index (χ1) is 14.7. The van der Waals surface area contributed by atoms with E-state index in [2.05, 4.69) is 12.1 Å². The second-order valence-electron chi connectivity index (χ2n) is 8.22. The summed E-state index contributed by atoms with van der Waals surface area (Å²) >= 11 is 0. The smallest absolute Gasteiger partial charge is 0.293 e. The van der Waals surface area contributed by atoms with Gasteiger partial charge < -0.3 is 9.80 Å². The van der Waals surface area contributed by atoms with Gasteiger partial charge in [-0.15, -0.1) is 0 Å². The predicted molar refractivity (Wildman–Crippen MR) is 117 cm³/mol. The monoisotopic (exact) mass is 443 g/mol. The van der Waals surface area contributed by atoms with E-state index in [4.69, 9.17) is 0 Å². The van der Waals surface area contributed by atoms with Crippen molar-refractivity contribution in [2.24, 2.45) is 5.92 Å². The van der Waals surface area contributed by atoms with Gasteiger partial charge in [0.25, 0.3) is 5.69 Å². The molecular weight excluding hydrogens is 418 g/mol. The van der Waals surface area contributed by atoms with E-state index in [1.807, 2.05) is 21.9 Å². The maximum atomic E-state index is 13.1. The maximum Gasteiger partial charge on any atom is 0.293 e. The SMILES string of the molecule is CS(=O)(=O)c1ccc(N2CCC(C(=O)N3CCc4ccccc4C3)CC2)c([N+](=O)[O-])c1. The molecule has 0 N–H and O–H groups in total. The molecule has 0 spiro atoms. The Balaban J connectivity index is 1.44. The second kappa shape index (κ2) is 8.30. The van der Waals surface area contributed by atoms with E-state index in [1.54, 1.807) is 0 Å². The molecule has 9 heteroatoms. The molecule has 1 fully saturated rings. The van der Waals surface area contributed by atoms with Gasteiger partial charge in [-0.2, -0.15) is 0 Å². The van der Waals surface area contributed by atoms with Crippen molar-refractivity contribution >= 4 is 27.1 Å². The zero-order chi connectivity index (χ0) is 22.2. The molecule has 2 aromatic carbocycles. The van der Waals surface area contributed by atoms with Gasteiger partial charge in [0, 0.05) is 44.4 Å². The predicted octanol–water partition coefficient (Wildman–Crippen LogP) is 2.80. The van der Waals surface area contributed by atoms with Crippen LogP contribution in [0.3, 0.4) is 0 Å². The molecule has 31 heavy (non-hydrogen) atoms. The maximum absolute atomic E-state index is 13.1. The van der Waals surface area contributed by atoms with Gasteiger partial charge in [0.1, 0.15) is 5.69 Å². The van der Waals surface area contributed by atoms with Gasteiger partial charge in [0.05, 0.1) is 9.82 Å². The average molecular weight is 444 g/mol. The van der Waals surface area contributed by atoms with Crippen LogP contribution < -0.4 is 4.90 Å². The van der Waals surface area contributed by atoms with E-state index in [0.717, 1.165) is 18.7 Å². The fraction of sp³-hybridized carbons (Fsp3) is 0.409. The highest BCUT2D eigenvalue weighted by Crippen LogP contribution is 2.34. The number of carbonyl (C=O) groups is 1. The van der Waals surface area contributed by atoms with Gasteiger partial charge in [-0.1, -0.05) is 24.3 Å². The Labute approximate surface area is 181 Å². The van der Waals surface area contributed by atoms with Crippen molar-refractivity contribution in [2.45, 2.75) is 30.7 Å². The molecular formula is C22H25N3O5S. The molecule has 0 saturated carbocycles. The zero-order valence-electron chi connectivity index (χ0n) is 17.4. The first kappa shape index (κ1) is 21.3. The summed E-state index contributed by atoms with van der Waals surface area (Å²) in [5.74, 6) is 0.0481. The van der Waals surface area contributed by atoms with E-state index in [0.29, 0.717) is 44.7 Å². The standard InChI is InChI=1S/C22H25N3O5S/c1-31(29,30)19-6-7-20(21(14-19)25(27)28)23-11-9-17(10-12-23)22(26)24-13-8-16-4-2-3-5-18(16)15-24/h2-7,14,17H,8-13,15H2,1H3. The van der Waals surface area contributed by atoms with Crippen molar-refractivity contribution in [3.63, 3.8) is 0 Å². The van der Waals surface area contributed by atoms with Crippen molar-refractivity contribution in [2.75, 3.05) is 30.8 Å². The Bertz CT molecular complexity index is 1120. The summed E-state index contributed by atoms with van der Waals surface area (Å²) in [6, 6.07) is 12.2.